The standard InChI is InChI=1S/C18H13F3N4O/c19-13-7-11(8-14(20)15(13)21)18(26)22-12-5-3-10(4-6-12)17-23-16(24-25-17)9-1-2-9/h3-9H,1-2H2,(H,22,26)(H,23,24,25). The van der Waals surface area contributed by atoms with Crippen LogP contribution in [0.3, 0.4) is 0 Å². The van der Waals surface area contributed by atoms with E-state index >= 15 is 0 Å². The van der Waals surface area contributed by atoms with Gasteiger partial charge in [0.2, 0.25) is 0 Å². The molecule has 1 aromatic heterocycles. The van der Waals surface area contributed by atoms with Gasteiger partial charge in [0.25, 0.3) is 5.91 Å². The summed E-state index contributed by atoms with van der Waals surface area (Å²) in [7, 11) is 0. The first-order chi connectivity index (χ1) is 12.5. The summed E-state index contributed by atoms with van der Waals surface area (Å²) in [5.41, 5.74) is 0.875. The lowest BCUT2D eigenvalue weighted by molar-refractivity contribution is 0.102. The number of hydrogen-bond acceptors (Lipinski definition) is 3. The van der Waals surface area contributed by atoms with Gasteiger partial charge in [-0.15, -0.1) is 0 Å². The molecule has 0 bridgehead atoms. The van der Waals surface area contributed by atoms with Gasteiger partial charge in [0.15, 0.2) is 23.3 Å². The number of rotatable bonds is 4. The molecule has 1 saturated carbocycles. The molecule has 1 amide bonds. The second kappa shape index (κ2) is 6.29. The van der Waals surface area contributed by atoms with Gasteiger partial charge in [-0.2, -0.15) is 5.10 Å². The lowest BCUT2D eigenvalue weighted by Crippen LogP contribution is -2.13. The molecular formula is C18H13F3N4O. The normalized spacial score (nSPS) is 13.7. The summed E-state index contributed by atoms with van der Waals surface area (Å²) in [4.78, 5) is 16.5. The van der Waals surface area contributed by atoms with Crippen molar-refractivity contribution in [3.63, 3.8) is 0 Å². The van der Waals surface area contributed by atoms with Crippen LogP contribution in [0, 0.1) is 17.5 Å². The monoisotopic (exact) mass is 358 g/mol. The van der Waals surface area contributed by atoms with E-state index in [0.29, 0.717) is 29.6 Å². The summed E-state index contributed by atoms with van der Waals surface area (Å²) in [6, 6.07) is 7.99. The summed E-state index contributed by atoms with van der Waals surface area (Å²) in [5, 5.41) is 9.59. The quantitative estimate of drug-likeness (QED) is 0.692. The van der Waals surface area contributed by atoms with Crippen LogP contribution in [0.25, 0.3) is 11.4 Å². The third-order valence-corrected chi connectivity index (χ3v) is 4.11. The molecular weight excluding hydrogens is 345 g/mol. The number of carbonyl (C=O) groups is 1. The fourth-order valence-corrected chi connectivity index (χ4v) is 2.54. The SMILES string of the molecule is O=C(Nc1ccc(-c2n[nH]c(C3CC3)n2)cc1)c1cc(F)c(F)c(F)c1. The summed E-state index contributed by atoms with van der Waals surface area (Å²) in [6.45, 7) is 0. The van der Waals surface area contributed by atoms with Gasteiger partial charge in [-0.25, -0.2) is 18.2 Å². The molecule has 26 heavy (non-hydrogen) atoms. The Morgan fingerprint density at radius 2 is 1.73 bits per heavy atom. The predicted molar refractivity (Wildman–Crippen MR) is 88.1 cm³/mol. The Morgan fingerprint density at radius 3 is 2.35 bits per heavy atom. The van der Waals surface area contributed by atoms with Crippen LogP contribution in [0.5, 0.6) is 0 Å². The molecule has 3 aromatic rings. The van der Waals surface area contributed by atoms with Gasteiger partial charge in [0, 0.05) is 22.7 Å². The van der Waals surface area contributed by atoms with Crippen LogP contribution in [0.1, 0.15) is 34.9 Å². The van der Waals surface area contributed by atoms with Crippen molar-refractivity contribution in [1.82, 2.24) is 15.2 Å². The highest BCUT2D eigenvalue weighted by molar-refractivity contribution is 6.04. The summed E-state index contributed by atoms with van der Waals surface area (Å²) in [5.74, 6) is -3.29. The number of nitrogens with zero attached hydrogens (tertiary/aromatic N) is 2. The molecule has 132 valence electrons. The van der Waals surface area contributed by atoms with Crippen molar-refractivity contribution in [3.8, 4) is 11.4 Å². The van der Waals surface area contributed by atoms with Crippen molar-refractivity contribution in [2.24, 2.45) is 0 Å². The van der Waals surface area contributed by atoms with Crippen molar-refractivity contribution < 1.29 is 18.0 Å². The van der Waals surface area contributed by atoms with Gasteiger partial charge >= 0.3 is 0 Å². The number of nitrogens with one attached hydrogen (secondary N) is 2. The van der Waals surface area contributed by atoms with Crippen molar-refractivity contribution in [2.75, 3.05) is 5.32 Å². The van der Waals surface area contributed by atoms with Crippen LogP contribution in [0.4, 0.5) is 18.9 Å². The number of H-pyrrole nitrogens is 1. The second-order valence-electron chi connectivity index (χ2n) is 6.10. The highest BCUT2D eigenvalue weighted by Gasteiger charge is 2.27. The molecule has 8 heteroatoms. The Morgan fingerprint density at radius 1 is 1.08 bits per heavy atom. The number of aromatic amines is 1. The third kappa shape index (κ3) is 3.17. The van der Waals surface area contributed by atoms with Gasteiger partial charge in [0.05, 0.1) is 0 Å². The molecule has 0 aliphatic heterocycles. The predicted octanol–water partition coefficient (Wildman–Crippen LogP) is 4.02. The lowest BCUT2D eigenvalue weighted by Gasteiger charge is -2.06. The molecule has 0 atom stereocenters. The Bertz CT molecular complexity index is 957. The van der Waals surface area contributed by atoms with Gasteiger partial charge in [0.1, 0.15) is 5.82 Å². The van der Waals surface area contributed by atoms with E-state index in [1.54, 1.807) is 24.3 Å². The van der Waals surface area contributed by atoms with Crippen molar-refractivity contribution in [2.45, 2.75) is 18.8 Å². The van der Waals surface area contributed by atoms with E-state index < -0.39 is 23.4 Å². The number of anilines is 1. The zero-order valence-corrected chi connectivity index (χ0v) is 13.4. The maximum absolute atomic E-state index is 13.2. The minimum atomic E-state index is -1.61. The van der Waals surface area contributed by atoms with Crippen LogP contribution < -0.4 is 5.32 Å². The molecule has 0 radical (unpaired) electrons. The minimum Gasteiger partial charge on any atom is -0.322 e. The van der Waals surface area contributed by atoms with Gasteiger partial charge < -0.3 is 5.32 Å². The largest absolute Gasteiger partial charge is 0.322 e. The van der Waals surface area contributed by atoms with E-state index in [4.69, 9.17) is 0 Å². The molecule has 1 heterocycles. The molecule has 5 nitrogen and oxygen atoms in total. The first-order valence-corrected chi connectivity index (χ1v) is 8.00. The molecule has 4 rings (SSSR count). The number of benzene rings is 2. The van der Waals surface area contributed by atoms with E-state index in [2.05, 4.69) is 20.5 Å². The fourth-order valence-electron chi connectivity index (χ4n) is 2.54. The van der Waals surface area contributed by atoms with Crippen LogP contribution in [-0.2, 0) is 0 Å². The number of aromatic nitrogens is 3. The third-order valence-electron chi connectivity index (χ3n) is 4.11. The fraction of sp³-hybridized carbons (Fsp3) is 0.167. The number of halogens is 3. The lowest BCUT2D eigenvalue weighted by atomic mass is 10.1. The Balaban J connectivity index is 1.49. The Labute approximate surface area is 146 Å². The summed E-state index contributed by atoms with van der Waals surface area (Å²) < 4.78 is 39.4. The average Bonchev–Trinajstić information content (AvgIpc) is 3.37. The zero-order chi connectivity index (χ0) is 18.3. The minimum absolute atomic E-state index is 0.312. The van der Waals surface area contributed by atoms with Crippen molar-refractivity contribution >= 4 is 11.6 Å². The highest BCUT2D eigenvalue weighted by atomic mass is 19.2. The average molecular weight is 358 g/mol. The molecule has 2 N–H and O–H groups in total. The Hall–Kier alpha value is -3.16. The zero-order valence-electron chi connectivity index (χ0n) is 13.4. The molecule has 1 aliphatic rings. The molecule has 0 spiro atoms. The van der Waals surface area contributed by atoms with E-state index in [-0.39, 0.29) is 5.56 Å². The van der Waals surface area contributed by atoms with Crippen molar-refractivity contribution in [1.29, 1.82) is 0 Å². The molecule has 1 fully saturated rings. The van der Waals surface area contributed by atoms with E-state index in [1.165, 1.54) is 0 Å². The van der Waals surface area contributed by atoms with Crippen molar-refractivity contribution in [3.05, 3.63) is 65.2 Å². The molecule has 0 unspecified atom stereocenters. The smallest absolute Gasteiger partial charge is 0.255 e. The maximum Gasteiger partial charge on any atom is 0.255 e. The van der Waals surface area contributed by atoms with Crippen LogP contribution in [0.2, 0.25) is 0 Å². The van der Waals surface area contributed by atoms with Crippen LogP contribution >= 0.6 is 0 Å². The van der Waals surface area contributed by atoms with E-state index in [9.17, 15) is 18.0 Å². The Kier molecular flexibility index (Phi) is 3.95. The van der Waals surface area contributed by atoms with E-state index in [1.807, 2.05) is 0 Å². The first kappa shape index (κ1) is 16.3. The highest BCUT2D eigenvalue weighted by Crippen LogP contribution is 2.38. The number of carbonyl (C=O) groups excluding carboxylic acids is 1. The number of hydrogen-bond donors (Lipinski definition) is 2. The summed E-state index contributed by atoms with van der Waals surface area (Å²) in [6.07, 6.45) is 2.23. The maximum atomic E-state index is 13.2. The van der Waals surface area contributed by atoms with Gasteiger partial charge in [-0.05, 0) is 49.2 Å². The number of amides is 1. The first-order valence-electron chi connectivity index (χ1n) is 8.00. The van der Waals surface area contributed by atoms with Gasteiger partial charge in [-0.3, -0.25) is 9.89 Å². The molecule has 2 aromatic carbocycles. The van der Waals surface area contributed by atoms with Crippen LogP contribution in [-0.4, -0.2) is 21.1 Å². The topological polar surface area (TPSA) is 70.7 Å². The second-order valence-corrected chi connectivity index (χ2v) is 6.10. The van der Waals surface area contributed by atoms with Gasteiger partial charge in [-0.1, -0.05) is 0 Å². The molecule has 0 saturated heterocycles. The van der Waals surface area contributed by atoms with Crippen LogP contribution in [0.15, 0.2) is 36.4 Å². The summed E-state index contributed by atoms with van der Waals surface area (Å²) >= 11 is 0. The van der Waals surface area contributed by atoms with E-state index in [0.717, 1.165) is 24.2 Å². The molecule has 1 aliphatic carbocycles.